The van der Waals surface area contributed by atoms with E-state index >= 15 is 0 Å². The number of nitrogens with zero attached hydrogens (tertiary/aromatic N) is 1. The second-order valence-electron chi connectivity index (χ2n) is 6.26. The zero-order valence-electron chi connectivity index (χ0n) is 13.5. The standard InChI is InChI=1S/C17H23F3N2O/c1-12-5-7-14(8-6-12)10-21-16(23)13(2)22-9-3-4-15(11-22)17(18,19)20/h5-8,13,15H,3-4,9-11H2,1-2H3,(H,21,23)/t13-,15+/m1/s1. The van der Waals surface area contributed by atoms with Crippen LogP contribution in [0.2, 0.25) is 0 Å². The summed E-state index contributed by atoms with van der Waals surface area (Å²) >= 11 is 0. The Bertz CT molecular complexity index is 528. The van der Waals surface area contributed by atoms with Gasteiger partial charge < -0.3 is 5.32 Å². The van der Waals surface area contributed by atoms with Gasteiger partial charge in [-0.3, -0.25) is 9.69 Å². The van der Waals surface area contributed by atoms with Crippen LogP contribution in [0.25, 0.3) is 0 Å². The van der Waals surface area contributed by atoms with Crippen LogP contribution in [0, 0.1) is 12.8 Å². The molecule has 0 saturated carbocycles. The molecule has 0 spiro atoms. The van der Waals surface area contributed by atoms with E-state index in [0.717, 1.165) is 11.1 Å². The van der Waals surface area contributed by atoms with E-state index in [1.54, 1.807) is 11.8 Å². The van der Waals surface area contributed by atoms with Crippen molar-refractivity contribution in [1.82, 2.24) is 10.2 Å². The summed E-state index contributed by atoms with van der Waals surface area (Å²) < 4.78 is 38.6. The molecule has 1 aliphatic rings. The van der Waals surface area contributed by atoms with E-state index in [9.17, 15) is 18.0 Å². The molecule has 0 radical (unpaired) electrons. The number of likely N-dealkylation sites (tertiary alicyclic amines) is 1. The van der Waals surface area contributed by atoms with E-state index in [1.807, 2.05) is 31.2 Å². The summed E-state index contributed by atoms with van der Waals surface area (Å²) in [4.78, 5) is 13.8. The molecule has 1 aromatic rings. The first-order valence-corrected chi connectivity index (χ1v) is 7.91. The fraction of sp³-hybridized carbons (Fsp3) is 0.588. The number of carbonyl (C=O) groups excluding carboxylic acids is 1. The second kappa shape index (κ2) is 7.34. The molecule has 128 valence electrons. The van der Waals surface area contributed by atoms with Crippen LogP contribution in [-0.2, 0) is 11.3 Å². The maximum absolute atomic E-state index is 12.9. The molecule has 1 amide bonds. The van der Waals surface area contributed by atoms with Crippen LogP contribution >= 0.6 is 0 Å². The van der Waals surface area contributed by atoms with Gasteiger partial charge in [-0.1, -0.05) is 29.8 Å². The molecular formula is C17H23F3N2O. The van der Waals surface area contributed by atoms with Crippen molar-refractivity contribution in [3.05, 3.63) is 35.4 Å². The Morgan fingerprint density at radius 2 is 2.00 bits per heavy atom. The van der Waals surface area contributed by atoms with E-state index < -0.39 is 18.1 Å². The van der Waals surface area contributed by atoms with Crippen LogP contribution in [0.15, 0.2) is 24.3 Å². The summed E-state index contributed by atoms with van der Waals surface area (Å²) in [6, 6.07) is 7.24. The number of alkyl halides is 3. The van der Waals surface area contributed by atoms with Crippen molar-refractivity contribution >= 4 is 5.91 Å². The highest BCUT2D eigenvalue weighted by Gasteiger charge is 2.43. The predicted octanol–water partition coefficient (Wildman–Crippen LogP) is 3.27. The predicted molar refractivity (Wildman–Crippen MR) is 82.8 cm³/mol. The van der Waals surface area contributed by atoms with Crippen molar-refractivity contribution < 1.29 is 18.0 Å². The number of hydrogen-bond donors (Lipinski definition) is 1. The van der Waals surface area contributed by atoms with Crippen molar-refractivity contribution in [3.63, 3.8) is 0 Å². The van der Waals surface area contributed by atoms with Crippen LogP contribution in [0.4, 0.5) is 13.2 Å². The van der Waals surface area contributed by atoms with E-state index in [4.69, 9.17) is 0 Å². The molecule has 0 aromatic heterocycles. The second-order valence-corrected chi connectivity index (χ2v) is 6.26. The summed E-state index contributed by atoms with van der Waals surface area (Å²) in [5.74, 6) is -1.56. The molecule has 3 nitrogen and oxygen atoms in total. The van der Waals surface area contributed by atoms with E-state index in [0.29, 0.717) is 19.5 Å². The highest BCUT2D eigenvalue weighted by molar-refractivity contribution is 5.81. The van der Waals surface area contributed by atoms with E-state index in [-0.39, 0.29) is 18.9 Å². The normalized spacial score (nSPS) is 21.0. The van der Waals surface area contributed by atoms with Gasteiger partial charge in [0, 0.05) is 13.1 Å². The topological polar surface area (TPSA) is 32.3 Å². The zero-order chi connectivity index (χ0) is 17.0. The van der Waals surface area contributed by atoms with Crippen LogP contribution in [0.1, 0.15) is 30.9 Å². The molecular weight excluding hydrogens is 305 g/mol. The molecule has 0 aliphatic carbocycles. The third kappa shape index (κ3) is 4.96. The molecule has 2 atom stereocenters. The van der Waals surface area contributed by atoms with Crippen molar-refractivity contribution in [3.8, 4) is 0 Å². The highest BCUT2D eigenvalue weighted by atomic mass is 19.4. The largest absolute Gasteiger partial charge is 0.393 e. The quantitative estimate of drug-likeness (QED) is 0.920. The number of aryl methyl sites for hydroxylation is 1. The number of benzene rings is 1. The molecule has 0 unspecified atom stereocenters. The molecule has 6 heteroatoms. The minimum absolute atomic E-state index is 0.0946. The average Bonchev–Trinajstić information content (AvgIpc) is 2.52. The summed E-state index contributed by atoms with van der Waals surface area (Å²) in [6.45, 7) is 4.48. The average molecular weight is 328 g/mol. The number of amides is 1. The minimum atomic E-state index is -4.18. The number of piperidine rings is 1. The van der Waals surface area contributed by atoms with Gasteiger partial charge in [-0.05, 0) is 38.8 Å². The van der Waals surface area contributed by atoms with Gasteiger partial charge in [0.05, 0.1) is 12.0 Å². The van der Waals surface area contributed by atoms with Crippen molar-refractivity contribution in [1.29, 1.82) is 0 Å². The van der Waals surface area contributed by atoms with Crippen molar-refractivity contribution in [2.24, 2.45) is 5.92 Å². The molecule has 1 saturated heterocycles. The Balaban J connectivity index is 1.87. The Morgan fingerprint density at radius 3 is 2.61 bits per heavy atom. The van der Waals surface area contributed by atoms with Gasteiger partial charge in [0.2, 0.25) is 5.91 Å². The van der Waals surface area contributed by atoms with Gasteiger partial charge in [0.15, 0.2) is 0 Å². The first kappa shape index (κ1) is 17.8. The number of hydrogen-bond acceptors (Lipinski definition) is 2. The third-order valence-corrected chi connectivity index (χ3v) is 4.43. The zero-order valence-corrected chi connectivity index (χ0v) is 13.5. The maximum atomic E-state index is 12.9. The van der Waals surface area contributed by atoms with Gasteiger partial charge >= 0.3 is 6.18 Å². The first-order chi connectivity index (χ1) is 10.8. The molecule has 1 heterocycles. The number of nitrogens with one attached hydrogen (secondary N) is 1. The lowest BCUT2D eigenvalue weighted by Crippen LogP contribution is -2.51. The Labute approximate surface area is 134 Å². The highest BCUT2D eigenvalue weighted by Crippen LogP contribution is 2.33. The molecule has 0 bridgehead atoms. The van der Waals surface area contributed by atoms with Crippen LogP contribution in [0.5, 0.6) is 0 Å². The van der Waals surface area contributed by atoms with E-state index in [1.165, 1.54) is 0 Å². The molecule has 23 heavy (non-hydrogen) atoms. The Morgan fingerprint density at radius 1 is 1.35 bits per heavy atom. The van der Waals surface area contributed by atoms with Gasteiger partial charge in [-0.25, -0.2) is 0 Å². The van der Waals surface area contributed by atoms with Gasteiger partial charge in [-0.15, -0.1) is 0 Å². The lowest BCUT2D eigenvalue weighted by molar-refractivity contribution is -0.188. The number of halogens is 3. The lowest BCUT2D eigenvalue weighted by Gasteiger charge is -2.36. The lowest BCUT2D eigenvalue weighted by atomic mass is 9.96. The summed E-state index contributed by atoms with van der Waals surface area (Å²) in [7, 11) is 0. The minimum Gasteiger partial charge on any atom is -0.351 e. The Hall–Kier alpha value is -1.56. The van der Waals surface area contributed by atoms with E-state index in [2.05, 4.69) is 5.32 Å². The molecule has 1 aromatic carbocycles. The smallest absolute Gasteiger partial charge is 0.351 e. The molecule has 1 N–H and O–H groups in total. The third-order valence-electron chi connectivity index (χ3n) is 4.43. The number of carbonyl (C=O) groups is 1. The molecule has 1 aliphatic heterocycles. The monoisotopic (exact) mass is 328 g/mol. The van der Waals surface area contributed by atoms with Crippen molar-refractivity contribution in [2.45, 2.75) is 45.5 Å². The summed E-state index contributed by atoms with van der Waals surface area (Å²) in [6.07, 6.45) is -3.56. The van der Waals surface area contributed by atoms with Crippen LogP contribution < -0.4 is 5.32 Å². The first-order valence-electron chi connectivity index (χ1n) is 7.91. The van der Waals surface area contributed by atoms with Gasteiger partial charge in [0.1, 0.15) is 0 Å². The fourth-order valence-electron chi connectivity index (χ4n) is 2.83. The van der Waals surface area contributed by atoms with Gasteiger partial charge in [-0.2, -0.15) is 13.2 Å². The molecule has 1 fully saturated rings. The van der Waals surface area contributed by atoms with Crippen LogP contribution in [-0.4, -0.2) is 36.1 Å². The summed E-state index contributed by atoms with van der Waals surface area (Å²) in [5.41, 5.74) is 2.11. The Kier molecular flexibility index (Phi) is 5.68. The van der Waals surface area contributed by atoms with Crippen LogP contribution in [0.3, 0.4) is 0 Å². The van der Waals surface area contributed by atoms with Gasteiger partial charge in [0.25, 0.3) is 0 Å². The molecule has 2 rings (SSSR count). The number of rotatable bonds is 4. The SMILES string of the molecule is Cc1ccc(CNC(=O)[C@@H](C)N2CCC[C@H](C(F)(F)F)C2)cc1. The fourth-order valence-corrected chi connectivity index (χ4v) is 2.83. The van der Waals surface area contributed by atoms with Crippen molar-refractivity contribution in [2.75, 3.05) is 13.1 Å². The maximum Gasteiger partial charge on any atom is 0.393 e. The summed E-state index contributed by atoms with van der Waals surface area (Å²) in [5, 5.41) is 2.81.